The lowest BCUT2D eigenvalue weighted by molar-refractivity contribution is -0.125. The van der Waals surface area contributed by atoms with Gasteiger partial charge in [0.25, 0.3) is 0 Å². The zero-order chi connectivity index (χ0) is 14.6. The summed E-state index contributed by atoms with van der Waals surface area (Å²) in [6.07, 6.45) is 4.58. The Bertz CT molecular complexity index is 432. The molecule has 0 bridgehead atoms. The van der Waals surface area contributed by atoms with Crippen LogP contribution in [0.4, 0.5) is 0 Å². The second kappa shape index (κ2) is 6.87. The molecule has 1 aliphatic heterocycles. The predicted molar refractivity (Wildman–Crippen MR) is 76.0 cm³/mol. The Morgan fingerprint density at radius 2 is 1.80 bits per heavy atom. The van der Waals surface area contributed by atoms with Crippen LogP contribution < -0.4 is 10.6 Å². The van der Waals surface area contributed by atoms with E-state index in [1.165, 1.54) is 6.42 Å². The summed E-state index contributed by atoms with van der Waals surface area (Å²) in [5.41, 5.74) is 0. The number of nitrogens with one attached hydrogen (secondary N) is 2. The Balaban J connectivity index is 1.63. The van der Waals surface area contributed by atoms with Crippen LogP contribution in [0.1, 0.15) is 32.1 Å². The fourth-order valence-corrected chi connectivity index (χ4v) is 4.75. The van der Waals surface area contributed by atoms with Gasteiger partial charge >= 0.3 is 0 Å². The molecule has 0 aromatic rings. The molecule has 2 aliphatic rings. The van der Waals surface area contributed by atoms with Crippen LogP contribution in [0, 0.1) is 5.92 Å². The van der Waals surface area contributed by atoms with Gasteiger partial charge in [0.1, 0.15) is 0 Å². The quantitative estimate of drug-likeness (QED) is 0.591. The normalized spacial score (nSPS) is 30.2. The Kier molecular flexibility index (Phi) is 5.40. The van der Waals surface area contributed by atoms with Crippen molar-refractivity contribution >= 4 is 15.7 Å². The van der Waals surface area contributed by atoms with Crippen molar-refractivity contribution in [1.82, 2.24) is 10.6 Å². The molecule has 0 radical (unpaired) electrons. The molecule has 0 spiro atoms. The maximum Gasteiger partial charge on any atom is 0.223 e. The summed E-state index contributed by atoms with van der Waals surface area (Å²) in [6, 6.07) is -0.411. The van der Waals surface area contributed by atoms with Crippen molar-refractivity contribution < 1.29 is 18.3 Å². The molecule has 2 fully saturated rings. The van der Waals surface area contributed by atoms with Gasteiger partial charge in [-0.05, 0) is 12.8 Å². The van der Waals surface area contributed by atoms with Crippen LogP contribution in [0.15, 0.2) is 0 Å². The van der Waals surface area contributed by atoms with Gasteiger partial charge in [-0.2, -0.15) is 0 Å². The van der Waals surface area contributed by atoms with Gasteiger partial charge in [-0.25, -0.2) is 8.42 Å². The molecule has 2 atom stereocenters. The van der Waals surface area contributed by atoms with E-state index in [9.17, 15) is 18.3 Å². The largest absolute Gasteiger partial charge is 0.390 e. The maximum absolute atomic E-state index is 11.9. The average Bonchev–Trinajstić information content (AvgIpc) is 2.68. The summed E-state index contributed by atoms with van der Waals surface area (Å²) in [5, 5.41) is 15.5. The molecule has 0 aromatic heterocycles. The Labute approximate surface area is 120 Å². The first kappa shape index (κ1) is 15.7. The molecule has 7 heteroatoms. The number of carbonyl (C=O) groups is 1. The molecule has 1 saturated carbocycles. The van der Waals surface area contributed by atoms with E-state index in [1.807, 2.05) is 0 Å². The van der Waals surface area contributed by atoms with Crippen molar-refractivity contribution in [2.45, 2.75) is 44.2 Å². The standard InChI is InChI=1S/C13H24N2O4S/c16-12-9-20(18,19)8-11(12)14-6-7-15-13(17)10-4-2-1-3-5-10/h10-12,14,16H,1-9H2,(H,15,17)/t11-,12-/m1/s1. The molecular formula is C13H24N2O4S. The minimum absolute atomic E-state index is 0.0231. The molecule has 1 saturated heterocycles. The number of amides is 1. The molecule has 20 heavy (non-hydrogen) atoms. The number of carbonyl (C=O) groups excluding carboxylic acids is 1. The molecule has 6 nitrogen and oxygen atoms in total. The summed E-state index contributed by atoms with van der Waals surface area (Å²) in [5.74, 6) is 0.0522. The van der Waals surface area contributed by atoms with Gasteiger partial charge in [-0.1, -0.05) is 19.3 Å². The van der Waals surface area contributed by atoms with E-state index < -0.39 is 22.0 Å². The van der Waals surface area contributed by atoms with E-state index in [-0.39, 0.29) is 23.3 Å². The Hall–Kier alpha value is -0.660. The third-order valence-electron chi connectivity index (χ3n) is 4.13. The van der Waals surface area contributed by atoms with Crippen LogP contribution in [0.2, 0.25) is 0 Å². The zero-order valence-corrected chi connectivity index (χ0v) is 12.5. The van der Waals surface area contributed by atoms with E-state index in [0.717, 1.165) is 25.7 Å². The minimum atomic E-state index is -3.12. The third kappa shape index (κ3) is 4.43. The summed E-state index contributed by atoms with van der Waals surface area (Å²) in [4.78, 5) is 11.9. The lowest BCUT2D eigenvalue weighted by atomic mass is 9.89. The highest BCUT2D eigenvalue weighted by Crippen LogP contribution is 2.23. The molecule has 2 rings (SSSR count). The summed E-state index contributed by atoms with van der Waals surface area (Å²) in [6.45, 7) is 0.953. The Morgan fingerprint density at radius 3 is 2.40 bits per heavy atom. The third-order valence-corrected chi connectivity index (χ3v) is 5.85. The molecule has 3 N–H and O–H groups in total. The first-order valence-electron chi connectivity index (χ1n) is 7.37. The van der Waals surface area contributed by atoms with E-state index in [4.69, 9.17) is 0 Å². The van der Waals surface area contributed by atoms with Crippen LogP contribution >= 0.6 is 0 Å². The van der Waals surface area contributed by atoms with E-state index in [1.54, 1.807) is 0 Å². The van der Waals surface area contributed by atoms with Gasteiger partial charge in [-0.15, -0.1) is 0 Å². The number of rotatable bonds is 5. The first-order valence-corrected chi connectivity index (χ1v) is 9.20. The van der Waals surface area contributed by atoms with Crippen molar-refractivity contribution in [2.75, 3.05) is 24.6 Å². The van der Waals surface area contributed by atoms with E-state index >= 15 is 0 Å². The van der Waals surface area contributed by atoms with Crippen LogP contribution in [-0.2, 0) is 14.6 Å². The SMILES string of the molecule is O=C(NCCN[C@@H]1CS(=O)(=O)C[C@H]1O)C1CCCCC1. The molecule has 116 valence electrons. The van der Waals surface area contributed by atoms with Crippen molar-refractivity contribution in [1.29, 1.82) is 0 Å². The van der Waals surface area contributed by atoms with Crippen molar-refractivity contribution in [3.05, 3.63) is 0 Å². The van der Waals surface area contributed by atoms with Crippen molar-refractivity contribution in [3.8, 4) is 0 Å². The first-order chi connectivity index (χ1) is 9.48. The molecular weight excluding hydrogens is 280 g/mol. The van der Waals surface area contributed by atoms with Crippen LogP contribution in [0.25, 0.3) is 0 Å². The number of aliphatic hydroxyl groups is 1. The van der Waals surface area contributed by atoms with Gasteiger partial charge in [0.15, 0.2) is 9.84 Å². The van der Waals surface area contributed by atoms with Gasteiger partial charge in [0.2, 0.25) is 5.91 Å². The maximum atomic E-state index is 11.9. The molecule has 1 aliphatic carbocycles. The summed E-state index contributed by atoms with van der Waals surface area (Å²) in [7, 11) is -3.12. The summed E-state index contributed by atoms with van der Waals surface area (Å²) < 4.78 is 22.7. The minimum Gasteiger partial charge on any atom is -0.390 e. The highest BCUT2D eigenvalue weighted by molar-refractivity contribution is 7.91. The summed E-state index contributed by atoms with van der Waals surface area (Å²) >= 11 is 0. The molecule has 1 heterocycles. The lowest BCUT2D eigenvalue weighted by Gasteiger charge is -2.21. The fraction of sp³-hybridized carbons (Fsp3) is 0.923. The lowest BCUT2D eigenvalue weighted by Crippen LogP contribution is -2.43. The van der Waals surface area contributed by atoms with Crippen LogP contribution in [0.3, 0.4) is 0 Å². The van der Waals surface area contributed by atoms with Crippen LogP contribution in [-0.4, -0.2) is 56.2 Å². The predicted octanol–water partition coefficient (Wildman–Crippen LogP) is -0.570. The molecule has 1 amide bonds. The van der Waals surface area contributed by atoms with Gasteiger partial charge < -0.3 is 15.7 Å². The fourth-order valence-electron chi connectivity index (χ4n) is 2.98. The highest BCUT2D eigenvalue weighted by atomic mass is 32.2. The van der Waals surface area contributed by atoms with Crippen molar-refractivity contribution in [3.63, 3.8) is 0 Å². The van der Waals surface area contributed by atoms with Gasteiger partial charge in [-0.3, -0.25) is 4.79 Å². The Morgan fingerprint density at radius 1 is 1.10 bits per heavy atom. The molecule has 0 aromatic carbocycles. The van der Waals surface area contributed by atoms with E-state index in [0.29, 0.717) is 13.1 Å². The average molecular weight is 304 g/mol. The van der Waals surface area contributed by atoms with E-state index in [2.05, 4.69) is 10.6 Å². The number of sulfone groups is 1. The number of hydrogen-bond donors (Lipinski definition) is 3. The highest BCUT2D eigenvalue weighted by Gasteiger charge is 2.35. The topological polar surface area (TPSA) is 95.5 Å². The monoisotopic (exact) mass is 304 g/mol. The molecule has 0 unspecified atom stereocenters. The zero-order valence-electron chi connectivity index (χ0n) is 11.7. The van der Waals surface area contributed by atoms with Gasteiger partial charge in [0, 0.05) is 25.0 Å². The van der Waals surface area contributed by atoms with Gasteiger partial charge in [0.05, 0.1) is 17.6 Å². The second-order valence-electron chi connectivity index (χ2n) is 5.83. The van der Waals surface area contributed by atoms with Crippen LogP contribution in [0.5, 0.6) is 0 Å². The number of aliphatic hydroxyl groups excluding tert-OH is 1. The second-order valence-corrected chi connectivity index (χ2v) is 7.98. The van der Waals surface area contributed by atoms with Crippen molar-refractivity contribution in [2.24, 2.45) is 5.92 Å². The number of hydrogen-bond acceptors (Lipinski definition) is 5. The smallest absolute Gasteiger partial charge is 0.223 e.